The monoisotopic (exact) mass is 263 g/mol. The molecule has 0 unspecified atom stereocenters. The van der Waals surface area contributed by atoms with Crippen LogP contribution in [0, 0.1) is 17.1 Å². The summed E-state index contributed by atoms with van der Waals surface area (Å²) in [4.78, 5) is 11.7. The number of carbonyl (C=O) groups excluding carboxylic acids is 1. The van der Waals surface area contributed by atoms with Gasteiger partial charge < -0.3 is 10.6 Å². The van der Waals surface area contributed by atoms with Crippen LogP contribution in [-0.4, -0.2) is 18.0 Å². The van der Waals surface area contributed by atoms with E-state index in [4.69, 9.17) is 5.26 Å². The fraction of sp³-hybridized carbons (Fsp3) is 0.429. The number of nitrogens with one attached hydrogen (secondary N) is 2. The van der Waals surface area contributed by atoms with Crippen molar-refractivity contribution < 1.29 is 9.18 Å². The molecule has 0 radical (unpaired) electrons. The maximum Gasteiger partial charge on any atom is 0.239 e. The molecule has 0 atom stereocenters. The Morgan fingerprint density at radius 2 is 2.16 bits per heavy atom. The third kappa shape index (κ3) is 4.59. The maximum absolute atomic E-state index is 13.5. The lowest BCUT2D eigenvalue weighted by atomic mass is 10.0. The van der Waals surface area contributed by atoms with E-state index in [2.05, 4.69) is 10.6 Å². The molecule has 2 N–H and O–H groups in total. The second-order valence-electron chi connectivity index (χ2n) is 4.95. The molecule has 102 valence electrons. The lowest BCUT2D eigenvalue weighted by molar-refractivity contribution is -0.121. The van der Waals surface area contributed by atoms with Gasteiger partial charge in [-0.15, -0.1) is 0 Å². The highest BCUT2D eigenvalue weighted by molar-refractivity contribution is 5.81. The van der Waals surface area contributed by atoms with E-state index in [1.54, 1.807) is 0 Å². The van der Waals surface area contributed by atoms with Crippen molar-refractivity contribution in [2.45, 2.75) is 32.7 Å². The molecule has 0 heterocycles. The number of nitriles is 1. The Morgan fingerprint density at radius 1 is 1.47 bits per heavy atom. The average molecular weight is 263 g/mol. The molecule has 0 bridgehead atoms. The summed E-state index contributed by atoms with van der Waals surface area (Å²) < 4.78 is 13.5. The third-order valence-electron chi connectivity index (χ3n) is 2.90. The molecule has 5 heteroatoms. The van der Waals surface area contributed by atoms with E-state index < -0.39 is 5.82 Å². The summed E-state index contributed by atoms with van der Waals surface area (Å²) >= 11 is 0. The Balaban J connectivity index is 2.58. The minimum absolute atomic E-state index is 0.00769. The number of hydrogen-bond donors (Lipinski definition) is 2. The Hall–Kier alpha value is -2.09. The molecule has 0 aliphatic heterocycles. The van der Waals surface area contributed by atoms with Crippen molar-refractivity contribution in [1.29, 1.82) is 5.26 Å². The van der Waals surface area contributed by atoms with Gasteiger partial charge in [-0.05, 0) is 38.5 Å². The molecule has 0 spiro atoms. The molecular formula is C14H18FN3O. The predicted molar refractivity (Wildman–Crippen MR) is 72.1 cm³/mol. The minimum atomic E-state index is -0.540. The summed E-state index contributed by atoms with van der Waals surface area (Å²) in [5.74, 6) is -0.739. The Morgan fingerprint density at radius 3 is 2.68 bits per heavy atom. The lowest BCUT2D eigenvalue weighted by Crippen LogP contribution is -2.45. The summed E-state index contributed by atoms with van der Waals surface area (Å²) in [7, 11) is 0. The van der Waals surface area contributed by atoms with Gasteiger partial charge in [0.1, 0.15) is 5.82 Å². The van der Waals surface area contributed by atoms with E-state index >= 15 is 0 Å². The molecule has 1 aromatic rings. The number of hydrogen-bond acceptors (Lipinski definition) is 3. The number of nitrogens with zero attached hydrogens (tertiary/aromatic N) is 1. The van der Waals surface area contributed by atoms with Crippen LogP contribution in [0.3, 0.4) is 0 Å². The molecule has 0 saturated carbocycles. The van der Waals surface area contributed by atoms with Crippen molar-refractivity contribution in [2.24, 2.45) is 0 Å². The maximum atomic E-state index is 13.5. The van der Waals surface area contributed by atoms with Gasteiger partial charge in [-0.1, -0.05) is 6.92 Å². The van der Waals surface area contributed by atoms with Gasteiger partial charge in [0.25, 0.3) is 0 Å². The van der Waals surface area contributed by atoms with E-state index in [-0.39, 0.29) is 29.2 Å². The van der Waals surface area contributed by atoms with Crippen LogP contribution in [0.2, 0.25) is 0 Å². The quantitative estimate of drug-likeness (QED) is 0.857. The molecule has 19 heavy (non-hydrogen) atoms. The molecule has 1 rings (SSSR count). The van der Waals surface area contributed by atoms with Crippen LogP contribution >= 0.6 is 0 Å². The molecule has 4 nitrogen and oxygen atoms in total. The zero-order valence-corrected chi connectivity index (χ0v) is 11.4. The number of rotatable bonds is 5. The molecule has 1 aromatic carbocycles. The minimum Gasteiger partial charge on any atom is -0.374 e. The topological polar surface area (TPSA) is 64.9 Å². The highest BCUT2D eigenvalue weighted by atomic mass is 19.1. The molecule has 1 amide bonds. The normalized spacial score (nSPS) is 10.7. The summed E-state index contributed by atoms with van der Waals surface area (Å²) in [6, 6.07) is 5.94. The van der Waals surface area contributed by atoms with Gasteiger partial charge >= 0.3 is 0 Å². The van der Waals surface area contributed by atoms with Gasteiger partial charge in [-0.3, -0.25) is 4.79 Å². The molecule has 0 aromatic heterocycles. The van der Waals surface area contributed by atoms with Crippen LogP contribution in [0.5, 0.6) is 0 Å². The number of halogens is 1. The molecule has 0 aliphatic rings. The Labute approximate surface area is 112 Å². The summed E-state index contributed by atoms with van der Waals surface area (Å²) in [6.07, 6.45) is 0.809. The van der Waals surface area contributed by atoms with Crippen molar-refractivity contribution in [3.8, 4) is 6.07 Å². The number of carbonyl (C=O) groups is 1. The first kappa shape index (κ1) is 15.0. The lowest BCUT2D eigenvalue weighted by Gasteiger charge is -2.24. The smallest absolute Gasteiger partial charge is 0.239 e. The van der Waals surface area contributed by atoms with Crippen molar-refractivity contribution in [3.63, 3.8) is 0 Å². The highest BCUT2D eigenvalue weighted by Crippen LogP contribution is 2.15. The van der Waals surface area contributed by atoms with Crippen molar-refractivity contribution in [1.82, 2.24) is 5.32 Å². The van der Waals surface area contributed by atoms with Crippen LogP contribution in [0.25, 0.3) is 0 Å². The number of benzene rings is 1. The standard InChI is InChI=1S/C14H18FN3O/c1-4-14(2,3)18-13(19)9-17-12-6-5-10(8-16)7-11(12)15/h5-7,17H,4,9H2,1-3H3,(H,18,19). The van der Waals surface area contributed by atoms with Gasteiger partial charge in [0, 0.05) is 5.54 Å². The summed E-state index contributed by atoms with van der Waals surface area (Å²) in [5.41, 5.74) is 0.185. The van der Waals surface area contributed by atoms with E-state index in [1.807, 2.05) is 26.8 Å². The molecular weight excluding hydrogens is 245 g/mol. The summed E-state index contributed by atoms with van der Waals surface area (Å²) in [6.45, 7) is 5.82. The van der Waals surface area contributed by atoms with E-state index in [1.165, 1.54) is 12.1 Å². The van der Waals surface area contributed by atoms with Gasteiger partial charge in [0.05, 0.1) is 23.9 Å². The van der Waals surface area contributed by atoms with Crippen molar-refractivity contribution in [2.75, 3.05) is 11.9 Å². The zero-order valence-electron chi connectivity index (χ0n) is 11.4. The van der Waals surface area contributed by atoms with Crippen LogP contribution in [-0.2, 0) is 4.79 Å². The SMILES string of the molecule is CCC(C)(C)NC(=O)CNc1ccc(C#N)cc1F. The second kappa shape index (κ2) is 6.19. The van der Waals surface area contributed by atoms with Crippen LogP contribution in [0.1, 0.15) is 32.8 Å². The highest BCUT2D eigenvalue weighted by Gasteiger charge is 2.17. The molecule has 0 fully saturated rings. The molecule has 0 saturated heterocycles. The molecule has 0 aliphatic carbocycles. The first-order chi connectivity index (χ1) is 8.88. The van der Waals surface area contributed by atoms with Crippen molar-refractivity contribution >= 4 is 11.6 Å². The average Bonchev–Trinajstić information content (AvgIpc) is 2.36. The van der Waals surface area contributed by atoms with E-state index in [0.717, 1.165) is 12.5 Å². The van der Waals surface area contributed by atoms with Crippen LogP contribution < -0.4 is 10.6 Å². The van der Waals surface area contributed by atoms with Gasteiger partial charge in [0.2, 0.25) is 5.91 Å². The largest absolute Gasteiger partial charge is 0.374 e. The Bertz CT molecular complexity index is 506. The van der Waals surface area contributed by atoms with Gasteiger partial charge in [-0.2, -0.15) is 5.26 Å². The second-order valence-corrected chi connectivity index (χ2v) is 4.95. The third-order valence-corrected chi connectivity index (χ3v) is 2.90. The first-order valence-corrected chi connectivity index (χ1v) is 6.12. The number of amides is 1. The van der Waals surface area contributed by atoms with Gasteiger partial charge in [-0.25, -0.2) is 4.39 Å². The van der Waals surface area contributed by atoms with Crippen molar-refractivity contribution in [3.05, 3.63) is 29.6 Å². The van der Waals surface area contributed by atoms with E-state index in [0.29, 0.717) is 0 Å². The van der Waals surface area contributed by atoms with E-state index in [9.17, 15) is 9.18 Å². The summed E-state index contributed by atoms with van der Waals surface area (Å²) in [5, 5.41) is 14.2. The van der Waals surface area contributed by atoms with Crippen LogP contribution in [0.15, 0.2) is 18.2 Å². The number of anilines is 1. The fourth-order valence-electron chi connectivity index (χ4n) is 1.41. The fourth-order valence-corrected chi connectivity index (χ4v) is 1.41. The van der Waals surface area contributed by atoms with Gasteiger partial charge in [0.15, 0.2) is 0 Å². The first-order valence-electron chi connectivity index (χ1n) is 6.12. The zero-order chi connectivity index (χ0) is 14.5. The predicted octanol–water partition coefficient (Wildman–Crippen LogP) is 2.41. The Kier molecular flexibility index (Phi) is 4.87. The van der Waals surface area contributed by atoms with Crippen LogP contribution in [0.4, 0.5) is 10.1 Å².